The minimum absolute atomic E-state index is 0.110. The lowest BCUT2D eigenvalue weighted by Gasteiger charge is -2.22. The second-order valence-corrected chi connectivity index (χ2v) is 10.2. The number of imidazole rings is 1. The van der Waals surface area contributed by atoms with Crippen LogP contribution in [-0.2, 0) is 20.4 Å². The van der Waals surface area contributed by atoms with E-state index in [9.17, 15) is 9.36 Å². The summed E-state index contributed by atoms with van der Waals surface area (Å²) in [5, 5.41) is 2.82. The number of hydrogen-bond donors (Lipinski definition) is 2. The number of carbonyl (C=O) groups excluding carboxylic acids is 1. The molecule has 11 nitrogen and oxygen atoms in total. The highest BCUT2D eigenvalue weighted by Gasteiger charge is 2.28. The van der Waals surface area contributed by atoms with Crippen molar-refractivity contribution in [1.29, 1.82) is 0 Å². The lowest BCUT2D eigenvalue weighted by Crippen LogP contribution is -2.25. The van der Waals surface area contributed by atoms with Crippen molar-refractivity contribution in [2.45, 2.75) is 26.0 Å². The summed E-state index contributed by atoms with van der Waals surface area (Å²) in [5.41, 5.74) is 7.52. The summed E-state index contributed by atoms with van der Waals surface area (Å²) >= 11 is 0. The number of fused-ring (bicyclic) bond motifs is 1. The zero-order valence-electron chi connectivity index (χ0n) is 20.4. The molecule has 194 valence electrons. The van der Waals surface area contributed by atoms with Crippen molar-refractivity contribution in [3.05, 3.63) is 78.9 Å². The predicted molar refractivity (Wildman–Crippen MR) is 139 cm³/mol. The Balaban J connectivity index is 1.31. The molecule has 0 saturated heterocycles. The largest absolute Gasteiger partial charge is 0.423 e. The molecule has 4 aromatic rings. The second kappa shape index (κ2) is 12.4. The topological polar surface area (TPSA) is 143 Å². The molecule has 2 heterocycles. The zero-order chi connectivity index (χ0) is 26.1. The molecule has 0 fully saturated rings. The smallest absolute Gasteiger partial charge is 0.404 e. The van der Waals surface area contributed by atoms with Crippen LogP contribution in [0, 0.1) is 0 Å². The normalized spacial score (nSPS) is 13.6. The summed E-state index contributed by atoms with van der Waals surface area (Å²) in [6, 6.07) is 17.7. The van der Waals surface area contributed by atoms with E-state index in [2.05, 4.69) is 20.3 Å². The highest BCUT2D eigenvalue weighted by molar-refractivity contribution is 7.54. The summed E-state index contributed by atoms with van der Waals surface area (Å²) in [4.78, 5) is 24.6. The van der Waals surface area contributed by atoms with E-state index in [1.54, 1.807) is 59.4 Å². The van der Waals surface area contributed by atoms with Gasteiger partial charge in [0.25, 0.3) is 5.91 Å². The van der Waals surface area contributed by atoms with E-state index in [1.165, 1.54) is 6.33 Å². The van der Waals surface area contributed by atoms with Crippen LogP contribution in [0.25, 0.3) is 11.2 Å². The van der Waals surface area contributed by atoms with Gasteiger partial charge in [0.05, 0.1) is 25.6 Å². The van der Waals surface area contributed by atoms with Gasteiger partial charge in [0, 0.05) is 12.1 Å². The van der Waals surface area contributed by atoms with Crippen LogP contribution in [0.1, 0.15) is 23.7 Å². The molecule has 0 saturated carbocycles. The van der Waals surface area contributed by atoms with Crippen LogP contribution in [0.3, 0.4) is 0 Å². The Labute approximate surface area is 214 Å². The third-order valence-electron chi connectivity index (χ3n) is 5.32. The van der Waals surface area contributed by atoms with Gasteiger partial charge < -0.3 is 24.9 Å². The number of nitrogens with zero attached hydrogens (tertiary/aromatic N) is 4. The molecule has 37 heavy (non-hydrogen) atoms. The number of carbonyl (C=O) groups is 1. The zero-order valence-corrected chi connectivity index (χ0v) is 21.3. The van der Waals surface area contributed by atoms with E-state index in [0.717, 1.165) is 0 Å². The molecule has 0 radical (unpaired) electrons. The Morgan fingerprint density at radius 2 is 1.81 bits per heavy atom. The molecule has 0 spiro atoms. The molecule has 0 aliphatic carbocycles. The minimum Gasteiger partial charge on any atom is -0.423 e. The average Bonchev–Trinajstić information content (AvgIpc) is 3.32. The predicted octanol–water partition coefficient (Wildman–Crippen LogP) is 3.88. The van der Waals surface area contributed by atoms with E-state index < -0.39 is 7.60 Å². The first kappa shape index (κ1) is 26.3. The summed E-state index contributed by atoms with van der Waals surface area (Å²) in [7, 11) is -3.67. The Morgan fingerprint density at radius 1 is 1.08 bits per heavy atom. The van der Waals surface area contributed by atoms with Gasteiger partial charge in [0.15, 0.2) is 17.8 Å². The van der Waals surface area contributed by atoms with Crippen LogP contribution < -0.4 is 15.6 Å². The fourth-order valence-corrected chi connectivity index (χ4v) is 4.95. The van der Waals surface area contributed by atoms with Gasteiger partial charge in [0.2, 0.25) is 0 Å². The van der Waals surface area contributed by atoms with Crippen LogP contribution in [0.15, 0.2) is 73.3 Å². The van der Waals surface area contributed by atoms with Gasteiger partial charge >= 0.3 is 7.60 Å². The average molecular weight is 525 g/mol. The Bertz CT molecular complexity index is 1350. The Kier molecular flexibility index (Phi) is 8.84. The van der Waals surface area contributed by atoms with Gasteiger partial charge in [-0.25, -0.2) is 19.5 Å². The lowest BCUT2D eigenvalue weighted by molar-refractivity contribution is 0.0726. The molecule has 2 unspecified atom stereocenters. The first-order valence-corrected chi connectivity index (χ1v) is 13.5. The van der Waals surface area contributed by atoms with E-state index in [0.29, 0.717) is 47.8 Å². The van der Waals surface area contributed by atoms with Crippen LogP contribution in [0.2, 0.25) is 0 Å². The third kappa shape index (κ3) is 7.36. The molecule has 0 bridgehead atoms. The van der Waals surface area contributed by atoms with Crippen LogP contribution in [0.4, 0.5) is 5.82 Å². The van der Waals surface area contributed by atoms with Crippen LogP contribution >= 0.6 is 7.60 Å². The van der Waals surface area contributed by atoms with E-state index in [1.807, 2.05) is 19.1 Å². The molecule has 0 aliphatic rings. The monoisotopic (exact) mass is 524 g/mol. The number of rotatable bonds is 13. The maximum absolute atomic E-state index is 13.6. The summed E-state index contributed by atoms with van der Waals surface area (Å²) < 4.78 is 32.6. The van der Waals surface area contributed by atoms with Crippen molar-refractivity contribution >= 4 is 30.5 Å². The molecule has 2 aromatic heterocycles. The van der Waals surface area contributed by atoms with Crippen molar-refractivity contribution in [1.82, 2.24) is 24.8 Å². The quantitative estimate of drug-likeness (QED) is 0.197. The van der Waals surface area contributed by atoms with Crippen molar-refractivity contribution in [2.75, 3.05) is 25.2 Å². The summed E-state index contributed by atoms with van der Waals surface area (Å²) in [5.74, 6) is 0.527. The maximum Gasteiger partial charge on any atom is 0.404 e. The van der Waals surface area contributed by atoms with Crippen molar-refractivity contribution in [3.63, 3.8) is 0 Å². The highest BCUT2D eigenvalue weighted by atomic mass is 31.2. The second-order valence-electron chi connectivity index (χ2n) is 8.26. The molecular weight excluding hydrogens is 495 g/mol. The molecule has 0 aliphatic heterocycles. The number of benzene rings is 2. The molecular formula is C25H29N6O5P. The van der Waals surface area contributed by atoms with Crippen LogP contribution in [0.5, 0.6) is 5.75 Å². The Morgan fingerprint density at radius 3 is 2.57 bits per heavy atom. The van der Waals surface area contributed by atoms with Gasteiger partial charge in [0.1, 0.15) is 17.6 Å². The van der Waals surface area contributed by atoms with Crippen molar-refractivity contribution < 1.29 is 23.1 Å². The Hall–Kier alpha value is -3.79. The van der Waals surface area contributed by atoms with Gasteiger partial charge in [-0.15, -0.1) is 0 Å². The number of hydrogen-bond acceptors (Lipinski definition) is 9. The van der Waals surface area contributed by atoms with Crippen molar-refractivity contribution in [2.24, 2.45) is 0 Å². The molecule has 2 atom stereocenters. The van der Waals surface area contributed by atoms with Gasteiger partial charge in [-0.3, -0.25) is 9.32 Å². The SMILES string of the molecule is CC(Cn1cnc2c(N)ncnc21)OCP(=O)(OCCCNC(=O)c1ccccc1)Oc1ccccc1. The summed E-state index contributed by atoms with van der Waals surface area (Å²) in [6.45, 7) is 2.69. The molecule has 2 aromatic carbocycles. The first-order chi connectivity index (χ1) is 17.9. The van der Waals surface area contributed by atoms with Gasteiger partial charge in [-0.2, -0.15) is 0 Å². The molecule has 1 amide bonds. The number of nitrogens with one attached hydrogen (secondary N) is 1. The number of nitrogens with two attached hydrogens (primary N) is 1. The third-order valence-corrected chi connectivity index (χ3v) is 6.85. The van der Waals surface area contributed by atoms with E-state index >= 15 is 0 Å². The molecule has 4 rings (SSSR count). The highest BCUT2D eigenvalue weighted by Crippen LogP contribution is 2.48. The number of aromatic nitrogens is 4. The first-order valence-electron chi connectivity index (χ1n) is 11.8. The van der Waals surface area contributed by atoms with Crippen molar-refractivity contribution in [3.8, 4) is 5.75 Å². The molecule has 12 heteroatoms. The number of ether oxygens (including phenoxy) is 1. The maximum atomic E-state index is 13.6. The number of para-hydroxylation sites is 1. The summed E-state index contributed by atoms with van der Waals surface area (Å²) in [6.07, 6.45) is 2.80. The number of nitrogen functional groups attached to an aromatic ring is 1. The molecule has 3 N–H and O–H groups in total. The fourth-order valence-electron chi connectivity index (χ4n) is 3.48. The van der Waals surface area contributed by atoms with Gasteiger partial charge in [-0.1, -0.05) is 36.4 Å². The fraction of sp³-hybridized carbons (Fsp3) is 0.280. The van der Waals surface area contributed by atoms with E-state index in [-0.39, 0.29) is 25.0 Å². The number of anilines is 1. The van der Waals surface area contributed by atoms with Crippen LogP contribution in [-0.4, -0.2) is 51.0 Å². The van der Waals surface area contributed by atoms with E-state index in [4.69, 9.17) is 19.5 Å². The standard InChI is InChI=1S/C25H29N6O5P/c1-19(15-31-17-30-22-23(26)28-16-29-24(22)31)34-18-37(33,36-21-11-6-3-7-12-21)35-14-8-13-27-25(32)20-9-4-2-5-10-20/h2-7,9-12,16-17,19H,8,13-15,18H2,1H3,(H,27,32)(H2,26,28,29). The number of amides is 1. The lowest BCUT2D eigenvalue weighted by atomic mass is 10.2. The minimum atomic E-state index is -3.67. The van der Waals surface area contributed by atoms with Gasteiger partial charge in [-0.05, 0) is 37.6 Å².